The predicted molar refractivity (Wildman–Crippen MR) is 131 cm³/mol. The fourth-order valence-corrected chi connectivity index (χ4v) is 3.58. The smallest absolute Gasteiger partial charge is 0.253 e. The van der Waals surface area contributed by atoms with Gasteiger partial charge in [-0.1, -0.05) is 42.5 Å². The molecule has 29 heavy (non-hydrogen) atoms. The Morgan fingerprint density at radius 1 is 1.00 bits per heavy atom. The Hall–Kier alpha value is -1.94. The van der Waals surface area contributed by atoms with E-state index in [1.807, 2.05) is 54.6 Å². The lowest BCUT2D eigenvalue weighted by Crippen LogP contribution is -2.38. The molecule has 0 spiro atoms. The van der Waals surface area contributed by atoms with E-state index < -0.39 is 10.8 Å². The molecule has 0 aliphatic heterocycles. The number of amides is 1. The molecule has 0 aliphatic carbocycles. The van der Waals surface area contributed by atoms with E-state index >= 15 is 0 Å². The van der Waals surface area contributed by atoms with Gasteiger partial charge >= 0.3 is 0 Å². The molecular formula is C21H29IN4O2S. The lowest BCUT2D eigenvalue weighted by Gasteiger charge is -2.13. The van der Waals surface area contributed by atoms with Gasteiger partial charge in [-0.2, -0.15) is 0 Å². The number of hydrogen-bond acceptors (Lipinski definition) is 3. The second-order valence-corrected chi connectivity index (χ2v) is 8.10. The topological polar surface area (TPSA) is 73.8 Å². The molecule has 0 fully saturated rings. The molecule has 1 unspecified atom stereocenters. The Balaban J connectivity index is 0.00000420. The molecule has 6 nitrogen and oxygen atoms in total. The van der Waals surface area contributed by atoms with Crippen molar-refractivity contribution in [1.29, 1.82) is 0 Å². The van der Waals surface area contributed by atoms with Gasteiger partial charge in [-0.15, -0.1) is 24.0 Å². The number of carbonyl (C=O) groups excluding carboxylic acids is 1. The van der Waals surface area contributed by atoms with Crippen molar-refractivity contribution < 1.29 is 9.00 Å². The first-order valence-corrected chi connectivity index (χ1v) is 10.6. The van der Waals surface area contributed by atoms with Crippen LogP contribution in [0.3, 0.4) is 0 Å². The first-order valence-electron chi connectivity index (χ1n) is 9.13. The molecule has 0 aliphatic rings. The zero-order chi connectivity index (χ0) is 20.4. The van der Waals surface area contributed by atoms with Gasteiger partial charge in [0, 0.05) is 62.1 Å². The number of carbonyl (C=O) groups is 1. The van der Waals surface area contributed by atoms with Gasteiger partial charge in [-0.05, 0) is 23.3 Å². The van der Waals surface area contributed by atoms with E-state index in [9.17, 15) is 9.00 Å². The Morgan fingerprint density at radius 2 is 1.66 bits per heavy atom. The Labute approximate surface area is 192 Å². The highest BCUT2D eigenvalue weighted by Crippen LogP contribution is 2.06. The minimum absolute atomic E-state index is 0. The van der Waals surface area contributed by atoms with E-state index in [2.05, 4.69) is 15.6 Å². The van der Waals surface area contributed by atoms with Crippen molar-refractivity contribution in [3.8, 4) is 0 Å². The van der Waals surface area contributed by atoms with Crippen LogP contribution < -0.4 is 10.6 Å². The molecule has 2 aromatic rings. The van der Waals surface area contributed by atoms with Crippen LogP contribution in [0.1, 0.15) is 21.5 Å². The number of hydrogen-bond donors (Lipinski definition) is 2. The number of rotatable bonds is 8. The maximum absolute atomic E-state index is 12.2. The molecule has 0 aromatic heterocycles. The second-order valence-electron chi connectivity index (χ2n) is 6.52. The first kappa shape index (κ1) is 25.1. The van der Waals surface area contributed by atoms with Crippen LogP contribution in [0.2, 0.25) is 0 Å². The van der Waals surface area contributed by atoms with Gasteiger partial charge in [0.2, 0.25) is 0 Å². The minimum Gasteiger partial charge on any atom is -0.355 e. The van der Waals surface area contributed by atoms with E-state index in [1.165, 1.54) is 0 Å². The lowest BCUT2D eigenvalue weighted by atomic mass is 10.1. The maximum atomic E-state index is 12.2. The van der Waals surface area contributed by atoms with Gasteiger partial charge in [0.15, 0.2) is 5.96 Å². The number of guanidine groups is 1. The SMILES string of the molecule is CN=C(NCCS(=O)Cc1ccccc1)NCc1ccc(C(=O)N(C)C)cc1.I. The van der Waals surface area contributed by atoms with Crippen molar-refractivity contribution in [1.82, 2.24) is 15.5 Å². The molecule has 1 atom stereocenters. The molecule has 0 heterocycles. The first-order chi connectivity index (χ1) is 13.5. The monoisotopic (exact) mass is 528 g/mol. The molecule has 8 heteroatoms. The molecule has 0 bridgehead atoms. The van der Waals surface area contributed by atoms with E-state index in [4.69, 9.17) is 0 Å². The van der Waals surface area contributed by atoms with Crippen LogP contribution in [-0.4, -0.2) is 54.4 Å². The lowest BCUT2D eigenvalue weighted by molar-refractivity contribution is 0.0827. The van der Waals surface area contributed by atoms with Crippen molar-refractivity contribution >= 4 is 46.6 Å². The number of aliphatic imine (C=N–C) groups is 1. The van der Waals surface area contributed by atoms with Crippen LogP contribution in [0.4, 0.5) is 0 Å². The van der Waals surface area contributed by atoms with Gasteiger partial charge in [-0.3, -0.25) is 14.0 Å². The van der Waals surface area contributed by atoms with Crippen molar-refractivity contribution in [3.63, 3.8) is 0 Å². The third-order valence-corrected chi connectivity index (χ3v) is 5.40. The summed E-state index contributed by atoms with van der Waals surface area (Å²) in [5, 5.41) is 6.41. The zero-order valence-electron chi connectivity index (χ0n) is 17.1. The highest BCUT2D eigenvalue weighted by atomic mass is 127. The van der Waals surface area contributed by atoms with E-state index in [0.29, 0.717) is 36.1 Å². The number of nitrogens with zero attached hydrogens (tertiary/aromatic N) is 2. The van der Waals surface area contributed by atoms with Gasteiger partial charge in [-0.25, -0.2) is 0 Å². The molecule has 1 amide bonds. The minimum atomic E-state index is -0.922. The maximum Gasteiger partial charge on any atom is 0.253 e. The molecule has 2 rings (SSSR count). The third-order valence-electron chi connectivity index (χ3n) is 4.08. The van der Waals surface area contributed by atoms with Crippen LogP contribution in [0.25, 0.3) is 0 Å². The molecule has 0 radical (unpaired) electrons. The summed E-state index contributed by atoms with van der Waals surface area (Å²) in [6.07, 6.45) is 0. The van der Waals surface area contributed by atoms with Crippen molar-refractivity contribution in [2.45, 2.75) is 12.3 Å². The van der Waals surface area contributed by atoms with Gasteiger partial charge in [0.1, 0.15) is 0 Å². The molecule has 0 saturated carbocycles. The fraction of sp³-hybridized carbons (Fsp3) is 0.333. The van der Waals surface area contributed by atoms with Crippen LogP contribution in [-0.2, 0) is 23.1 Å². The highest BCUT2D eigenvalue weighted by molar-refractivity contribution is 14.0. The van der Waals surface area contributed by atoms with Crippen LogP contribution in [0.15, 0.2) is 59.6 Å². The summed E-state index contributed by atoms with van der Waals surface area (Å²) in [4.78, 5) is 17.7. The third kappa shape index (κ3) is 8.95. The molecule has 2 aromatic carbocycles. The zero-order valence-corrected chi connectivity index (χ0v) is 20.2. The fourth-order valence-electron chi connectivity index (χ4n) is 2.55. The summed E-state index contributed by atoms with van der Waals surface area (Å²) in [6.45, 7) is 1.17. The molecule has 2 N–H and O–H groups in total. The van der Waals surface area contributed by atoms with Crippen LogP contribution in [0.5, 0.6) is 0 Å². The quantitative estimate of drug-likeness (QED) is 0.314. The van der Waals surface area contributed by atoms with Gasteiger partial charge < -0.3 is 15.5 Å². The summed E-state index contributed by atoms with van der Waals surface area (Å²) in [5.41, 5.74) is 2.79. The summed E-state index contributed by atoms with van der Waals surface area (Å²) in [7, 11) is 4.25. The van der Waals surface area contributed by atoms with E-state index in [0.717, 1.165) is 11.1 Å². The number of halogens is 1. The molecule has 0 saturated heterocycles. The average molecular weight is 528 g/mol. The Kier molecular flexibility index (Phi) is 11.5. The summed E-state index contributed by atoms with van der Waals surface area (Å²) < 4.78 is 12.2. The van der Waals surface area contributed by atoms with Gasteiger partial charge in [0.25, 0.3) is 5.91 Å². The van der Waals surface area contributed by atoms with Crippen molar-refractivity contribution in [2.75, 3.05) is 33.4 Å². The van der Waals surface area contributed by atoms with Crippen LogP contribution in [0, 0.1) is 0 Å². The highest BCUT2D eigenvalue weighted by Gasteiger charge is 2.07. The van der Waals surface area contributed by atoms with E-state index in [1.54, 1.807) is 26.0 Å². The standard InChI is InChI=1S/C21H28N4O2S.HI/c1-22-21(23-13-14-28(27)16-18-7-5-4-6-8-18)24-15-17-9-11-19(12-10-17)20(26)25(2)3;/h4-12H,13-16H2,1-3H3,(H2,22,23,24);1H. The second kappa shape index (κ2) is 13.3. The summed E-state index contributed by atoms with van der Waals surface area (Å²) in [5.74, 6) is 1.76. The summed E-state index contributed by atoms with van der Waals surface area (Å²) >= 11 is 0. The van der Waals surface area contributed by atoms with E-state index in [-0.39, 0.29) is 29.9 Å². The Bertz CT molecular complexity index is 811. The summed E-state index contributed by atoms with van der Waals surface area (Å²) in [6, 6.07) is 17.3. The normalized spacial score (nSPS) is 11.9. The van der Waals surface area contributed by atoms with Crippen LogP contribution >= 0.6 is 24.0 Å². The predicted octanol–water partition coefficient (Wildman–Crippen LogP) is 2.62. The largest absolute Gasteiger partial charge is 0.355 e. The van der Waals surface area contributed by atoms with Gasteiger partial charge in [0.05, 0.1) is 0 Å². The molecular weight excluding hydrogens is 499 g/mol. The number of benzene rings is 2. The Morgan fingerprint density at radius 3 is 2.24 bits per heavy atom. The number of nitrogens with one attached hydrogen (secondary N) is 2. The van der Waals surface area contributed by atoms with Crippen molar-refractivity contribution in [2.24, 2.45) is 4.99 Å². The molecule has 158 valence electrons. The van der Waals surface area contributed by atoms with Crippen molar-refractivity contribution in [3.05, 3.63) is 71.3 Å². The average Bonchev–Trinajstić information content (AvgIpc) is 2.71.